The van der Waals surface area contributed by atoms with Gasteiger partial charge >= 0.3 is 5.69 Å². The number of hydrogen-bond donors (Lipinski definition) is 3. The second kappa shape index (κ2) is 11.4. The Morgan fingerprint density at radius 1 is 1.25 bits per heavy atom. The van der Waals surface area contributed by atoms with E-state index in [1.807, 2.05) is 27.7 Å². The minimum Gasteiger partial charge on any atom is -0.357 e. The summed E-state index contributed by atoms with van der Waals surface area (Å²) in [5, 5.41) is 13.6. The molecule has 1 amide bonds. The van der Waals surface area contributed by atoms with Crippen LogP contribution in [0.5, 0.6) is 0 Å². The standard InChI is InChI=1S/C18H33N7O2.HI/c1-5-19-16(21-13-15(26)22-18(2,3)4)20-10-8-12-25-17(27)24-11-7-6-9-14(24)23-25;/h5-13H2,1-4H3,(H,22,26)(H2,19,20,21);1H. The highest BCUT2D eigenvalue weighted by Gasteiger charge is 2.16. The predicted molar refractivity (Wildman–Crippen MR) is 121 cm³/mol. The maximum absolute atomic E-state index is 12.3. The summed E-state index contributed by atoms with van der Waals surface area (Å²) >= 11 is 0. The Morgan fingerprint density at radius 3 is 2.64 bits per heavy atom. The van der Waals surface area contributed by atoms with Crippen LogP contribution in [0.1, 0.15) is 52.8 Å². The van der Waals surface area contributed by atoms with Crippen LogP contribution in [0.15, 0.2) is 9.79 Å². The van der Waals surface area contributed by atoms with Crippen molar-refractivity contribution >= 4 is 35.8 Å². The van der Waals surface area contributed by atoms with Crippen LogP contribution in [0.25, 0.3) is 0 Å². The van der Waals surface area contributed by atoms with Gasteiger partial charge in [-0.2, -0.15) is 5.10 Å². The van der Waals surface area contributed by atoms with Gasteiger partial charge in [-0.25, -0.2) is 14.5 Å². The van der Waals surface area contributed by atoms with E-state index in [2.05, 4.69) is 26.0 Å². The van der Waals surface area contributed by atoms with Gasteiger partial charge in [0.1, 0.15) is 12.4 Å². The predicted octanol–water partition coefficient (Wildman–Crippen LogP) is 0.859. The van der Waals surface area contributed by atoms with E-state index in [1.54, 1.807) is 9.25 Å². The lowest BCUT2D eigenvalue weighted by molar-refractivity contribution is -0.121. The molecule has 0 saturated carbocycles. The zero-order valence-electron chi connectivity index (χ0n) is 17.4. The Hall–Kier alpha value is -1.59. The van der Waals surface area contributed by atoms with E-state index in [0.29, 0.717) is 25.6 Å². The Morgan fingerprint density at radius 2 is 2.00 bits per heavy atom. The largest absolute Gasteiger partial charge is 0.357 e. The number of hydrogen-bond acceptors (Lipinski definition) is 4. The van der Waals surface area contributed by atoms with Crippen LogP contribution >= 0.6 is 24.0 Å². The molecule has 3 N–H and O–H groups in total. The van der Waals surface area contributed by atoms with Crippen LogP contribution in [0, 0.1) is 0 Å². The van der Waals surface area contributed by atoms with E-state index in [1.165, 1.54) is 0 Å². The first kappa shape index (κ1) is 24.4. The smallest absolute Gasteiger partial charge is 0.345 e. The van der Waals surface area contributed by atoms with Gasteiger partial charge in [0.25, 0.3) is 0 Å². The number of halogens is 1. The molecule has 28 heavy (non-hydrogen) atoms. The molecule has 1 aliphatic rings. The number of guanidine groups is 1. The molecular weight excluding hydrogens is 473 g/mol. The molecular formula is C18H34IN7O2. The van der Waals surface area contributed by atoms with Crippen LogP contribution in [-0.2, 0) is 24.3 Å². The summed E-state index contributed by atoms with van der Waals surface area (Å²) in [6, 6.07) is 0. The number of carbonyl (C=O) groups is 1. The third-order valence-corrected chi connectivity index (χ3v) is 4.11. The summed E-state index contributed by atoms with van der Waals surface area (Å²) in [4.78, 5) is 28.5. The molecule has 0 aliphatic carbocycles. The molecule has 2 rings (SSSR count). The normalized spacial score (nSPS) is 14.1. The van der Waals surface area contributed by atoms with Crippen molar-refractivity contribution in [2.45, 2.75) is 72.0 Å². The van der Waals surface area contributed by atoms with Crippen molar-refractivity contribution in [1.29, 1.82) is 0 Å². The highest BCUT2D eigenvalue weighted by Crippen LogP contribution is 2.09. The van der Waals surface area contributed by atoms with E-state index in [4.69, 9.17) is 0 Å². The number of aromatic nitrogens is 3. The quantitative estimate of drug-likeness (QED) is 0.220. The van der Waals surface area contributed by atoms with Gasteiger partial charge in [-0.1, -0.05) is 0 Å². The second-order valence-corrected chi connectivity index (χ2v) is 7.80. The van der Waals surface area contributed by atoms with Gasteiger partial charge < -0.3 is 16.0 Å². The van der Waals surface area contributed by atoms with E-state index < -0.39 is 0 Å². The summed E-state index contributed by atoms with van der Waals surface area (Å²) in [6.45, 7) is 10.5. The lowest BCUT2D eigenvalue weighted by Gasteiger charge is -2.20. The van der Waals surface area contributed by atoms with Crippen molar-refractivity contribution in [3.05, 3.63) is 16.3 Å². The summed E-state index contributed by atoms with van der Waals surface area (Å²) < 4.78 is 3.35. The monoisotopic (exact) mass is 507 g/mol. The SMILES string of the molecule is CCNC(=NCC(=O)NC(C)(C)C)NCCCn1nc2n(c1=O)CCCC2.I. The third-order valence-electron chi connectivity index (χ3n) is 4.11. The first-order valence-corrected chi connectivity index (χ1v) is 9.80. The van der Waals surface area contributed by atoms with Crippen LogP contribution in [0.2, 0.25) is 0 Å². The molecule has 0 atom stereocenters. The lowest BCUT2D eigenvalue weighted by Crippen LogP contribution is -2.43. The van der Waals surface area contributed by atoms with E-state index in [0.717, 1.165) is 38.1 Å². The molecule has 1 aromatic heterocycles. The number of nitrogens with one attached hydrogen (secondary N) is 3. The van der Waals surface area contributed by atoms with Gasteiger partial charge in [0.15, 0.2) is 5.96 Å². The van der Waals surface area contributed by atoms with Crippen LogP contribution in [-0.4, -0.2) is 51.4 Å². The van der Waals surface area contributed by atoms with Gasteiger partial charge in [-0.15, -0.1) is 24.0 Å². The molecule has 1 aromatic rings. The minimum absolute atomic E-state index is 0. The first-order valence-electron chi connectivity index (χ1n) is 9.80. The number of carbonyl (C=O) groups excluding carboxylic acids is 1. The average Bonchev–Trinajstić information content (AvgIpc) is 2.91. The fourth-order valence-electron chi connectivity index (χ4n) is 2.98. The molecule has 0 radical (unpaired) electrons. The molecule has 2 heterocycles. The molecule has 10 heteroatoms. The molecule has 9 nitrogen and oxygen atoms in total. The summed E-state index contributed by atoms with van der Waals surface area (Å²) in [7, 11) is 0. The lowest BCUT2D eigenvalue weighted by atomic mass is 10.1. The number of aliphatic imine (C=N–C) groups is 1. The number of nitrogens with zero attached hydrogens (tertiary/aromatic N) is 4. The van der Waals surface area contributed by atoms with Gasteiger partial charge in [-0.3, -0.25) is 9.36 Å². The Balaban J connectivity index is 0.00000392. The number of amides is 1. The average molecular weight is 507 g/mol. The van der Waals surface area contributed by atoms with Crippen molar-refractivity contribution in [2.75, 3.05) is 19.6 Å². The van der Waals surface area contributed by atoms with E-state index >= 15 is 0 Å². The van der Waals surface area contributed by atoms with Crippen molar-refractivity contribution in [1.82, 2.24) is 30.3 Å². The number of fused-ring (bicyclic) bond motifs is 1. The highest BCUT2D eigenvalue weighted by molar-refractivity contribution is 14.0. The zero-order valence-corrected chi connectivity index (χ0v) is 19.7. The number of aryl methyl sites for hydroxylation is 2. The van der Waals surface area contributed by atoms with Gasteiger partial charge in [0, 0.05) is 38.1 Å². The highest BCUT2D eigenvalue weighted by atomic mass is 127. The van der Waals surface area contributed by atoms with Gasteiger partial charge in [0.05, 0.1) is 0 Å². The fourth-order valence-corrected chi connectivity index (χ4v) is 2.98. The Kier molecular flexibility index (Phi) is 9.97. The summed E-state index contributed by atoms with van der Waals surface area (Å²) in [6.07, 6.45) is 3.78. The van der Waals surface area contributed by atoms with Gasteiger partial charge in [-0.05, 0) is 47.0 Å². The van der Waals surface area contributed by atoms with E-state index in [9.17, 15) is 9.59 Å². The second-order valence-electron chi connectivity index (χ2n) is 7.80. The van der Waals surface area contributed by atoms with Crippen molar-refractivity contribution in [3.63, 3.8) is 0 Å². The van der Waals surface area contributed by atoms with Crippen molar-refractivity contribution in [2.24, 2.45) is 4.99 Å². The zero-order chi connectivity index (χ0) is 19.9. The first-order chi connectivity index (χ1) is 12.8. The fraction of sp³-hybridized carbons (Fsp3) is 0.778. The molecule has 0 aromatic carbocycles. The van der Waals surface area contributed by atoms with Crippen molar-refractivity contribution < 1.29 is 4.79 Å². The molecule has 1 aliphatic heterocycles. The van der Waals surface area contributed by atoms with Crippen LogP contribution in [0.3, 0.4) is 0 Å². The summed E-state index contributed by atoms with van der Waals surface area (Å²) in [5.41, 5.74) is -0.279. The molecule has 160 valence electrons. The van der Waals surface area contributed by atoms with E-state index in [-0.39, 0.29) is 47.7 Å². The van der Waals surface area contributed by atoms with Crippen LogP contribution in [0.4, 0.5) is 0 Å². The molecule has 0 fully saturated rings. The van der Waals surface area contributed by atoms with Gasteiger partial charge in [0.2, 0.25) is 5.91 Å². The molecule has 0 bridgehead atoms. The third kappa shape index (κ3) is 7.80. The Bertz CT molecular complexity index is 718. The Labute approximate surface area is 183 Å². The molecule has 0 unspecified atom stereocenters. The topological polar surface area (TPSA) is 105 Å². The minimum atomic E-state index is -0.268. The molecule has 0 spiro atoms. The maximum atomic E-state index is 12.3. The van der Waals surface area contributed by atoms with Crippen molar-refractivity contribution in [3.8, 4) is 0 Å². The van der Waals surface area contributed by atoms with Crippen LogP contribution < -0.4 is 21.6 Å². The number of rotatable bonds is 7. The summed E-state index contributed by atoms with van der Waals surface area (Å²) in [5.74, 6) is 1.38. The molecule has 0 saturated heterocycles. The maximum Gasteiger partial charge on any atom is 0.345 e.